The van der Waals surface area contributed by atoms with Crippen LogP contribution in [0.5, 0.6) is 5.75 Å². The molecule has 0 bridgehead atoms. The molecule has 0 unspecified atom stereocenters. The number of benzene rings is 1. The molecule has 3 rings (SSSR count). The minimum atomic E-state index is -0.0751. The molecule has 0 atom stereocenters. The fraction of sp³-hybridized carbons (Fsp3) is 0.529. The quantitative estimate of drug-likeness (QED) is 0.920. The van der Waals surface area contributed by atoms with E-state index in [2.05, 4.69) is 5.32 Å². The zero-order valence-corrected chi connectivity index (χ0v) is 14.2. The van der Waals surface area contributed by atoms with Crippen LogP contribution in [0.2, 0.25) is 0 Å². The molecule has 0 aromatic heterocycles. The Labute approximate surface area is 140 Å². The molecule has 0 spiro atoms. The Hall–Kier alpha value is -1.69. The Balaban J connectivity index is 1.63. The van der Waals surface area contributed by atoms with Crippen LogP contribution < -0.4 is 10.1 Å². The van der Waals surface area contributed by atoms with Gasteiger partial charge in [0.15, 0.2) is 0 Å². The lowest BCUT2D eigenvalue weighted by molar-refractivity contribution is -0.113. The summed E-state index contributed by atoms with van der Waals surface area (Å²) in [6.07, 6.45) is 4.99. The second kappa shape index (κ2) is 7.25. The summed E-state index contributed by atoms with van der Waals surface area (Å²) in [4.78, 5) is 26.0. The maximum atomic E-state index is 12.3. The molecule has 5 nitrogen and oxygen atoms in total. The number of ether oxygens (including phenoxy) is 1. The van der Waals surface area contributed by atoms with Crippen molar-refractivity contribution in [1.82, 2.24) is 4.90 Å². The van der Waals surface area contributed by atoms with E-state index in [9.17, 15) is 9.59 Å². The van der Waals surface area contributed by atoms with Crippen LogP contribution in [0.4, 0.5) is 5.69 Å². The van der Waals surface area contributed by atoms with E-state index in [4.69, 9.17) is 4.74 Å². The third-order valence-corrected chi connectivity index (χ3v) is 5.65. The van der Waals surface area contributed by atoms with Gasteiger partial charge in [-0.3, -0.25) is 9.59 Å². The molecule has 6 heteroatoms. The Morgan fingerprint density at radius 3 is 2.96 bits per heavy atom. The summed E-state index contributed by atoms with van der Waals surface area (Å²) in [6.45, 7) is 1.05. The third-order valence-electron chi connectivity index (χ3n) is 4.28. The van der Waals surface area contributed by atoms with Gasteiger partial charge in [0.05, 0.1) is 17.9 Å². The van der Waals surface area contributed by atoms with Crippen LogP contribution in [0.15, 0.2) is 18.2 Å². The Kier molecular flexibility index (Phi) is 5.10. The summed E-state index contributed by atoms with van der Waals surface area (Å²) >= 11 is 1.73. The molecule has 1 aromatic rings. The molecule has 1 saturated carbocycles. The molecule has 1 N–H and O–H groups in total. The second-order valence-electron chi connectivity index (χ2n) is 6.05. The lowest BCUT2D eigenvalue weighted by Gasteiger charge is -2.13. The van der Waals surface area contributed by atoms with Crippen LogP contribution in [-0.2, 0) is 4.79 Å². The fourth-order valence-electron chi connectivity index (χ4n) is 2.95. The van der Waals surface area contributed by atoms with Gasteiger partial charge in [-0.15, -0.1) is 11.8 Å². The molecule has 124 valence electrons. The van der Waals surface area contributed by atoms with E-state index in [1.165, 1.54) is 25.7 Å². The highest BCUT2D eigenvalue weighted by Crippen LogP contribution is 2.30. The van der Waals surface area contributed by atoms with Gasteiger partial charge in [-0.05, 0) is 31.0 Å². The van der Waals surface area contributed by atoms with Crippen molar-refractivity contribution in [3.05, 3.63) is 23.8 Å². The van der Waals surface area contributed by atoms with Crippen molar-refractivity contribution >= 4 is 29.3 Å². The van der Waals surface area contributed by atoms with Crippen LogP contribution in [0.25, 0.3) is 0 Å². The fourth-order valence-corrected chi connectivity index (χ4v) is 4.07. The number of carbonyl (C=O) groups excluding carboxylic acids is 2. The molecule has 2 aliphatic rings. The number of hydrogen-bond donors (Lipinski definition) is 1. The predicted molar refractivity (Wildman–Crippen MR) is 92.2 cm³/mol. The van der Waals surface area contributed by atoms with E-state index >= 15 is 0 Å². The number of amides is 2. The highest BCUT2D eigenvalue weighted by molar-refractivity contribution is 8.00. The molecular formula is C17H22N2O3S. The maximum absolute atomic E-state index is 12.3. The molecule has 1 heterocycles. The second-order valence-corrected chi connectivity index (χ2v) is 7.34. The van der Waals surface area contributed by atoms with E-state index in [1.54, 1.807) is 41.9 Å². The summed E-state index contributed by atoms with van der Waals surface area (Å²) in [7, 11) is 1.75. The third kappa shape index (κ3) is 3.99. The minimum absolute atomic E-state index is 0.0165. The van der Waals surface area contributed by atoms with Crippen LogP contribution in [0.1, 0.15) is 36.0 Å². The van der Waals surface area contributed by atoms with Crippen molar-refractivity contribution < 1.29 is 14.3 Å². The molecule has 1 aliphatic heterocycles. The summed E-state index contributed by atoms with van der Waals surface area (Å²) in [6, 6.07) is 5.25. The topological polar surface area (TPSA) is 58.6 Å². The average molecular weight is 334 g/mol. The molecule has 23 heavy (non-hydrogen) atoms. The van der Waals surface area contributed by atoms with Gasteiger partial charge < -0.3 is 15.0 Å². The largest absolute Gasteiger partial charge is 0.491 e. The first kappa shape index (κ1) is 16.2. The molecule has 1 fully saturated rings. The SMILES string of the molecule is CN1CCOc2ccc(NC(=O)CSC3CCCC3)cc2C1=O. The van der Waals surface area contributed by atoms with Gasteiger partial charge in [0, 0.05) is 18.0 Å². The van der Waals surface area contributed by atoms with Crippen LogP contribution >= 0.6 is 11.8 Å². The monoisotopic (exact) mass is 334 g/mol. The van der Waals surface area contributed by atoms with Crippen molar-refractivity contribution in [1.29, 1.82) is 0 Å². The first-order chi connectivity index (χ1) is 11.1. The van der Waals surface area contributed by atoms with Crippen LogP contribution in [0.3, 0.4) is 0 Å². The number of thioether (sulfide) groups is 1. The number of hydrogen-bond acceptors (Lipinski definition) is 4. The minimum Gasteiger partial charge on any atom is -0.491 e. The predicted octanol–water partition coefficient (Wildman–Crippen LogP) is 2.77. The molecule has 1 aromatic carbocycles. The van der Waals surface area contributed by atoms with E-state index in [0.29, 0.717) is 41.2 Å². The van der Waals surface area contributed by atoms with E-state index in [-0.39, 0.29) is 11.8 Å². The Bertz CT molecular complexity index is 600. The van der Waals surface area contributed by atoms with Crippen molar-refractivity contribution in [2.24, 2.45) is 0 Å². The average Bonchev–Trinajstić information content (AvgIpc) is 3.02. The van der Waals surface area contributed by atoms with E-state index in [0.717, 1.165) is 0 Å². The van der Waals surface area contributed by atoms with Gasteiger partial charge in [0.25, 0.3) is 5.91 Å². The lowest BCUT2D eigenvalue weighted by atomic mass is 10.1. The van der Waals surface area contributed by atoms with Crippen molar-refractivity contribution in [3.63, 3.8) is 0 Å². The number of likely N-dealkylation sites (N-methyl/N-ethyl adjacent to an activating group) is 1. The van der Waals surface area contributed by atoms with E-state index in [1.807, 2.05) is 0 Å². The lowest BCUT2D eigenvalue weighted by Crippen LogP contribution is -2.27. The zero-order valence-electron chi connectivity index (χ0n) is 13.3. The van der Waals surface area contributed by atoms with Gasteiger partial charge in [-0.2, -0.15) is 0 Å². The first-order valence-electron chi connectivity index (χ1n) is 8.07. The van der Waals surface area contributed by atoms with Gasteiger partial charge in [0.2, 0.25) is 5.91 Å². The summed E-state index contributed by atoms with van der Waals surface area (Å²) in [5.41, 5.74) is 1.15. The molecule has 0 radical (unpaired) electrons. The molecular weight excluding hydrogens is 312 g/mol. The normalized spacial score (nSPS) is 18.3. The maximum Gasteiger partial charge on any atom is 0.257 e. The standard InChI is InChI=1S/C17H22N2O3S/c1-19-8-9-22-15-7-6-12(10-14(15)17(19)21)18-16(20)11-23-13-4-2-3-5-13/h6-7,10,13H,2-5,8-9,11H2,1H3,(H,18,20). The van der Waals surface area contributed by atoms with Gasteiger partial charge >= 0.3 is 0 Å². The molecule has 2 amide bonds. The number of nitrogens with one attached hydrogen (secondary N) is 1. The number of nitrogens with zero attached hydrogens (tertiary/aromatic N) is 1. The molecule has 1 aliphatic carbocycles. The zero-order chi connectivity index (χ0) is 16.2. The highest BCUT2D eigenvalue weighted by Gasteiger charge is 2.22. The van der Waals surface area contributed by atoms with Crippen LogP contribution in [0, 0.1) is 0 Å². The van der Waals surface area contributed by atoms with Crippen molar-refractivity contribution in [2.45, 2.75) is 30.9 Å². The summed E-state index contributed by atoms with van der Waals surface area (Å²) in [5, 5.41) is 3.51. The summed E-state index contributed by atoms with van der Waals surface area (Å²) in [5.74, 6) is 0.954. The number of rotatable bonds is 4. The Morgan fingerprint density at radius 1 is 1.39 bits per heavy atom. The molecule has 0 saturated heterocycles. The van der Waals surface area contributed by atoms with Crippen molar-refractivity contribution in [3.8, 4) is 5.75 Å². The van der Waals surface area contributed by atoms with E-state index < -0.39 is 0 Å². The number of fused-ring (bicyclic) bond motifs is 1. The van der Waals surface area contributed by atoms with Gasteiger partial charge in [-0.1, -0.05) is 12.8 Å². The van der Waals surface area contributed by atoms with Crippen LogP contribution in [-0.4, -0.2) is 47.9 Å². The first-order valence-corrected chi connectivity index (χ1v) is 9.12. The van der Waals surface area contributed by atoms with Crippen molar-refractivity contribution in [2.75, 3.05) is 31.3 Å². The number of anilines is 1. The number of carbonyl (C=O) groups is 2. The van der Waals surface area contributed by atoms with Gasteiger partial charge in [0.1, 0.15) is 12.4 Å². The highest BCUT2D eigenvalue weighted by atomic mass is 32.2. The Morgan fingerprint density at radius 2 is 2.17 bits per heavy atom. The van der Waals surface area contributed by atoms with Gasteiger partial charge in [-0.25, -0.2) is 0 Å². The summed E-state index contributed by atoms with van der Waals surface area (Å²) < 4.78 is 5.58. The smallest absolute Gasteiger partial charge is 0.257 e.